The van der Waals surface area contributed by atoms with Gasteiger partial charge in [-0.25, -0.2) is 4.79 Å². The van der Waals surface area contributed by atoms with Crippen molar-refractivity contribution >= 4 is 5.97 Å². The topological polar surface area (TPSA) is 94.5 Å². The second-order valence-electron chi connectivity index (χ2n) is 10.7. The summed E-state index contributed by atoms with van der Waals surface area (Å²) in [7, 11) is 0. The lowest BCUT2D eigenvalue weighted by molar-refractivity contribution is -0.195. The standard InChI is InChI=1S/C32H44O7/c33-28-23-29(39-32-17-9-11-21-37-32)27(14-6-1-2-7-15-30(34)35)26(28)19-18-25(22-24-12-4-3-5-13-24)38-31-16-8-10-20-36-31/h1,3-7,12-13,15,18-19,25-29,31-33H,2,8-11,14,16-17,20-23H2,(H,34,35)/b6-1-,15-7+,19-18+/t25-,26-,27-,28-,29+,31?,32?/m1/s1. The van der Waals surface area contributed by atoms with Gasteiger partial charge in [-0.3, -0.25) is 0 Å². The molecule has 0 radical (unpaired) electrons. The summed E-state index contributed by atoms with van der Waals surface area (Å²) in [5, 5.41) is 20.0. The average molecular weight is 541 g/mol. The van der Waals surface area contributed by atoms with E-state index in [1.807, 2.05) is 24.3 Å². The number of hydrogen-bond acceptors (Lipinski definition) is 6. The van der Waals surface area contributed by atoms with Crippen molar-refractivity contribution in [1.82, 2.24) is 0 Å². The molecule has 0 bridgehead atoms. The van der Waals surface area contributed by atoms with Gasteiger partial charge in [-0.05, 0) is 62.8 Å². The van der Waals surface area contributed by atoms with Crippen LogP contribution in [0.2, 0.25) is 0 Å². The number of carbonyl (C=O) groups is 1. The van der Waals surface area contributed by atoms with E-state index in [4.69, 9.17) is 24.1 Å². The normalized spacial score (nSPS) is 30.9. The summed E-state index contributed by atoms with van der Waals surface area (Å²) in [5.74, 6) is -0.962. The summed E-state index contributed by atoms with van der Waals surface area (Å²) < 4.78 is 24.5. The Morgan fingerprint density at radius 2 is 1.74 bits per heavy atom. The van der Waals surface area contributed by atoms with Crippen molar-refractivity contribution in [3.63, 3.8) is 0 Å². The summed E-state index contributed by atoms with van der Waals surface area (Å²) in [6, 6.07) is 10.3. The van der Waals surface area contributed by atoms with Gasteiger partial charge >= 0.3 is 5.97 Å². The van der Waals surface area contributed by atoms with E-state index in [-0.39, 0.29) is 36.6 Å². The number of carboxylic acid groups (broad SMARTS) is 1. The van der Waals surface area contributed by atoms with E-state index in [1.165, 1.54) is 5.56 Å². The maximum absolute atomic E-state index is 11.1. The number of ether oxygens (including phenoxy) is 4. The largest absolute Gasteiger partial charge is 0.478 e. The van der Waals surface area contributed by atoms with Crippen LogP contribution in [0.25, 0.3) is 0 Å². The fraction of sp³-hybridized carbons (Fsp3) is 0.594. The SMILES string of the molecule is O=C(O)/C=C/C/C=C\C[C@@H]1[C@@H](/C=C/[C@H](Cc2ccccc2)OC2CCCCO2)[C@H](O)C[C@@H]1OC1CCCCO1. The minimum Gasteiger partial charge on any atom is -0.478 e. The fourth-order valence-electron chi connectivity index (χ4n) is 5.72. The van der Waals surface area contributed by atoms with Crippen LogP contribution in [-0.4, -0.2) is 60.3 Å². The van der Waals surface area contributed by atoms with E-state index >= 15 is 0 Å². The minimum absolute atomic E-state index is 0.0739. The van der Waals surface area contributed by atoms with E-state index in [2.05, 4.69) is 30.4 Å². The van der Waals surface area contributed by atoms with E-state index in [0.717, 1.165) is 64.0 Å². The van der Waals surface area contributed by atoms with Gasteiger partial charge in [-0.1, -0.05) is 60.7 Å². The predicted molar refractivity (Wildman–Crippen MR) is 149 cm³/mol. The van der Waals surface area contributed by atoms with Crippen molar-refractivity contribution in [2.75, 3.05) is 13.2 Å². The lowest BCUT2D eigenvalue weighted by Crippen LogP contribution is -2.31. The molecule has 2 aliphatic heterocycles. The van der Waals surface area contributed by atoms with Crippen LogP contribution in [-0.2, 0) is 30.2 Å². The van der Waals surface area contributed by atoms with Gasteiger partial charge in [0.15, 0.2) is 12.6 Å². The third kappa shape index (κ3) is 10.00. The zero-order valence-corrected chi connectivity index (χ0v) is 22.8. The first-order chi connectivity index (χ1) is 19.1. The Kier molecular flexibility index (Phi) is 12.2. The van der Waals surface area contributed by atoms with Gasteiger partial charge in [0.2, 0.25) is 0 Å². The Morgan fingerprint density at radius 3 is 2.44 bits per heavy atom. The fourth-order valence-corrected chi connectivity index (χ4v) is 5.72. The van der Waals surface area contributed by atoms with Crippen LogP contribution < -0.4 is 0 Å². The van der Waals surface area contributed by atoms with Crippen LogP contribution >= 0.6 is 0 Å². The van der Waals surface area contributed by atoms with Gasteiger partial charge in [0.1, 0.15) is 0 Å². The number of allylic oxidation sites excluding steroid dienone is 3. The molecule has 7 nitrogen and oxygen atoms in total. The molecule has 2 heterocycles. The second-order valence-corrected chi connectivity index (χ2v) is 10.7. The van der Waals surface area contributed by atoms with E-state index in [0.29, 0.717) is 19.4 Å². The van der Waals surface area contributed by atoms with Crippen molar-refractivity contribution in [1.29, 1.82) is 0 Å². The number of carboxylic acids is 1. The lowest BCUT2D eigenvalue weighted by atomic mass is 9.89. The summed E-state index contributed by atoms with van der Waals surface area (Å²) in [4.78, 5) is 10.7. The molecule has 2 unspecified atom stereocenters. The summed E-state index contributed by atoms with van der Waals surface area (Å²) in [6.45, 7) is 1.44. The van der Waals surface area contributed by atoms with E-state index < -0.39 is 12.1 Å². The molecule has 7 atom stereocenters. The maximum Gasteiger partial charge on any atom is 0.327 e. The van der Waals surface area contributed by atoms with Crippen molar-refractivity contribution in [3.8, 4) is 0 Å². The Hall–Kier alpha value is -2.29. The molecule has 0 aromatic heterocycles. The lowest BCUT2D eigenvalue weighted by Gasteiger charge is -2.30. The van der Waals surface area contributed by atoms with Gasteiger partial charge in [0.05, 0.1) is 18.3 Å². The Bertz CT molecular complexity index is 931. The molecule has 1 aromatic rings. The molecule has 0 spiro atoms. The average Bonchev–Trinajstić information content (AvgIpc) is 3.24. The number of benzene rings is 1. The van der Waals surface area contributed by atoms with Crippen LogP contribution in [0, 0.1) is 11.8 Å². The minimum atomic E-state index is -0.945. The third-order valence-corrected chi connectivity index (χ3v) is 7.75. The van der Waals surface area contributed by atoms with Crippen molar-refractivity contribution in [3.05, 3.63) is 72.4 Å². The molecule has 3 fully saturated rings. The summed E-state index contributed by atoms with van der Waals surface area (Å²) >= 11 is 0. The molecule has 2 saturated heterocycles. The van der Waals surface area contributed by atoms with Crippen LogP contribution in [0.4, 0.5) is 0 Å². The monoisotopic (exact) mass is 540 g/mol. The van der Waals surface area contributed by atoms with Gasteiger partial charge in [-0.15, -0.1) is 0 Å². The number of aliphatic hydroxyl groups excluding tert-OH is 1. The predicted octanol–water partition coefficient (Wildman–Crippen LogP) is 5.58. The number of aliphatic hydroxyl groups is 1. The van der Waals surface area contributed by atoms with Crippen molar-refractivity contribution in [2.45, 2.75) is 95.1 Å². The zero-order valence-electron chi connectivity index (χ0n) is 22.8. The molecule has 39 heavy (non-hydrogen) atoms. The van der Waals surface area contributed by atoms with Gasteiger partial charge in [0.25, 0.3) is 0 Å². The first-order valence-corrected chi connectivity index (χ1v) is 14.6. The number of hydrogen-bond donors (Lipinski definition) is 2. The van der Waals surface area contributed by atoms with Crippen LogP contribution in [0.5, 0.6) is 0 Å². The number of rotatable bonds is 13. The molecule has 1 aliphatic carbocycles. The second kappa shape index (κ2) is 16.1. The Morgan fingerprint density at radius 1 is 1.00 bits per heavy atom. The molecule has 214 valence electrons. The molecule has 2 N–H and O–H groups in total. The Labute approximate surface area is 232 Å². The molecule has 1 saturated carbocycles. The van der Waals surface area contributed by atoms with Crippen LogP contribution in [0.3, 0.4) is 0 Å². The highest BCUT2D eigenvalue weighted by Gasteiger charge is 2.42. The molecular weight excluding hydrogens is 496 g/mol. The van der Waals surface area contributed by atoms with E-state index in [9.17, 15) is 9.90 Å². The summed E-state index contributed by atoms with van der Waals surface area (Å²) in [5.41, 5.74) is 1.19. The molecule has 4 rings (SSSR count). The highest BCUT2D eigenvalue weighted by atomic mass is 16.7. The van der Waals surface area contributed by atoms with Gasteiger partial charge in [0, 0.05) is 38.0 Å². The van der Waals surface area contributed by atoms with Gasteiger partial charge in [-0.2, -0.15) is 0 Å². The molecule has 1 aromatic carbocycles. The smallest absolute Gasteiger partial charge is 0.327 e. The van der Waals surface area contributed by atoms with Crippen molar-refractivity contribution in [2.24, 2.45) is 11.8 Å². The van der Waals surface area contributed by atoms with Crippen LogP contribution in [0.15, 0.2) is 66.8 Å². The van der Waals surface area contributed by atoms with Crippen molar-refractivity contribution < 1.29 is 34.0 Å². The molecule has 3 aliphatic rings. The highest BCUT2D eigenvalue weighted by Crippen LogP contribution is 2.39. The maximum atomic E-state index is 11.1. The molecular formula is C32H44O7. The van der Waals surface area contributed by atoms with Crippen LogP contribution in [0.1, 0.15) is 63.4 Å². The van der Waals surface area contributed by atoms with Gasteiger partial charge < -0.3 is 29.2 Å². The number of aliphatic carboxylic acids is 1. The molecule has 7 heteroatoms. The molecule has 0 amide bonds. The summed E-state index contributed by atoms with van der Waals surface area (Å²) in [6.07, 6.45) is 18.5. The van der Waals surface area contributed by atoms with E-state index in [1.54, 1.807) is 6.08 Å². The quantitative estimate of drug-likeness (QED) is 0.249. The highest BCUT2D eigenvalue weighted by molar-refractivity contribution is 5.79. The first-order valence-electron chi connectivity index (χ1n) is 14.6. The zero-order chi connectivity index (χ0) is 27.3. The third-order valence-electron chi connectivity index (χ3n) is 7.75. The first kappa shape index (κ1) is 29.7. The Balaban J connectivity index is 1.46.